The molecule has 34 heavy (non-hydrogen) atoms. The quantitative estimate of drug-likeness (QED) is 0.383. The summed E-state index contributed by atoms with van der Waals surface area (Å²) < 4.78 is 37.3. The maximum absolute atomic E-state index is 11.9. The molecule has 0 saturated carbocycles. The second kappa shape index (κ2) is 12.0. The lowest BCUT2D eigenvalue weighted by Crippen LogP contribution is -2.63. The molecule has 1 saturated heterocycles. The highest BCUT2D eigenvalue weighted by atomic mass is 16.7. The second-order valence-electron chi connectivity index (χ2n) is 7.20. The van der Waals surface area contributed by atoms with Gasteiger partial charge in [-0.1, -0.05) is 6.07 Å². The van der Waals surface area contributed by atoms with E-state index in [2.05, 4.69) is 4.74 Å². The number of carbonyl (C=O) groups is 5. The summed E-state index contributed by atoms with van der Waals surface area (Å²) in [4.78, 5) is 58.7. The molecule has 186 valence electrons. The Hall–Kier alpha value is -3.67. The topological polar surface area (TPSA) is 150 Å². The van der Waals surface area contributed by atoms with Gasteiger partial charge in [-0.2, -0.15) is 0 Å². The molecule has 0 N–H and O–H groups in total. The van der Waals surface area contributed by atoms with Gasteiger partial charge in [-0.25, -0.2) is 4.79 Å². The molecule has 0 aliphatic carbocycles. The van der Waals surface area contributed by atoms with Crippen molar-refractivity contribution in [3.63, 3.8) is 0 Å². The summed E-state index contributed by atoms with van der Waals surface area (Å²) in [6.07, 6.45) is -6.62. The molecule has 1 heterocycles. The zero-order chi connectivity index (χ0) is 25.4. The maximum atomic E-state index is 11.9. The van der Waals surface area contributed by atoms with Gasteiger partial charge in [-0.05, 0) is 18.2 Å². The van der Waals surface area contributed by atoms with Crippen LogP contribution >= 0.6 is 0 Å². The largest absolute Gasteiger partial charge is 0.465 e. The van der Waals surface area contributed by atoms with Crippen LogP contribution in [0.3, 0.4) is 0 Å². The van der Waals surface area contributed by atoms with E-state index >= 15 is 0 Å². The highest BCUT2D eigenvalue weighted by Crippen LogP contribution is 2.31. The van der Waals surface area contributed by atoms with Crippen LogP contribution in [-0.2, 0) is 47.6 Å². The Kier molecular flexibility index (Phi) is 9.36. The van der Waals surface area contributed by atoms with Crippen molar-refractivity contribution in [2.45, 2.75) is 58.4 Å². The SMILES string of the molecule is COC(=O)c1cccc(OC2OC(COC(C)=O)C(OC(C)=O)C(OC(C)=O)C2OC(C)=O)c1. The minimum absolute atomic E-state index is 0.129. The van der Waals surface area contributed by atoms with Crippen molar-refractivity contribution in [1.29, 1.82) is 0 Å². The summed E-state index contributed by atoms with van der Waals surface area (Å²) in [5.74, 6) is -3.40. The van der Waals surface area contributed by atoms with Gasteiger partial charge in [0.05, 0.1) is 12.7 Å². The lowest BCUT2D eigenvalue weighted by molar-refractivity contribution is -0.288. The Morgan fingerprint density at radius 3 is 1.97 bits per heavy atom. The lowest BCUT2D eigenvalue weighted by atomic mass is 9.98. The van der Waals surface area contributed by atoms with Crippen LogP contribution < -0.4 is 4.74 Å². The summed E-state index contributed by atoms with van der Waals surface area (Å²) in [5, 5.41) is 0. The molecule has 1 aliphatic heterocycles. The van der Waals surface area contributed by atoms with Crippen molar-refractivity contribution < 1.29 is 57.1 Å². The van der Waals surface area contributed by atoms with Crippen LogP contribution in [0.5, 0.6) is 5.75 Å². The fourth-order valence-corrected chi connectivity index (χ4v) is 3.23. The molecule has 0 bridgehead atoms. The van der Waals surface area contributed by atoms with E-state index in [0.717, 1.165) is 20.8 Å². The second-order valence-corrected chi connectivity index (χ2v) is 7.20. The minimum Gasteiger partial charge on any atom is -0.465 e. The molecule has 1 aromatic carbocycles. The zero-order valence-electron chi connectivity index (χ0n) is 19.3. The number of ether oxygens (including phenoxy) is 7. The average molecular weight is 482 g/mol. The van der Waals surface area contributed by atoms with Crippen LogP contribution in [0.2, 0.25) is 0 Å². The summed E-state index contributed by atoms with van der Waals surface area (Å²) >= 11 is 0. The van der Waals surface area contributed by atoms with E-state index in [0.29, 0.717) is 0 Å². The molecule has 12 nitrogen and oxygen atoms in total. The first-order valence-electron chi connectivity index (χ1n) is 10.2. The molecular weight excluding hydrogens is 456 g/mol. The van der Waals surface area contributed by atoms with Gasteiger partial charge in [0.15, 0.2) is 12.2 Å². The van der Waals surface area contributed by atoms with Gasteiger partial charge < -0.3 is 33.2 Å². The Bertz CT molecular complexity index is 926. The van der Waals surface area contributed by atoms with Gasteiger partial charge in [0.25, 0.3) is 0 Å². The monoisotopic (exact) mass is 482 g/mol. The molecule has 5 unspecified atom stereocenters. The van der Waals surface area contributed by atoms with E-state index in [1.54, 1.807) is 0 Å². The molecule has 0 spiro atoms. The Morgan fingerprint density at radius 1 is 0.824 bits per heavy atom. The minimum atomic E-state index is -1.41. The molecule has 1 aliphatic rings. The molecular formula is C22H26O12. The van der Waals surface area contributed by atoms with Crippen LogP contribution in [0, 0.1) is 0 Å². The van der Waals surface area contributed by atoms with E-state index in [9.17, 15) is 24.0 Å². The number of esters is 5. The van der Waals surface area contributed by atoms with E-state index < -0.39 is 60.6 Å². The van der Waals surface area contributed by atoms with Crippen molar-refractivity contribution in [3.05, 3.63) is 29.8 Å². The number of carbonyl (C=O) groups excluding carboxylic acids is 5. The first-order chi connectivity index (χ1) is 16.0. The molecule has 12 heteroatoms. The first kappa shape index (κ1) is 26.6. The Balaban J connectivity index is 2.47. The molecule has 1 fully saturated rings. The van der Waals surface area contributed by atoms with Crippen LogP contribution in [0.25, 0.3) is 0 Å². The van der Waals surface area contributed by atoms with Crippen molar-refractivity contribution in [1.82, 2.24) is 0 Å². The lowest BCUT2D eigenvalue weighted by Gasteiger charge is -2.43. The zero-order valence-corrected chi connectivity index (χ0v) is 19.3. The third-order valence-corrected chi connectivity index (χ3v) is 4.46. The highest BCUT2D eigenvalue weighted by molar-refractivity contribution is 5.89. The molecule has 0 aromatic heterocycles. The predicted octanol–water partition coefficient (Wildman–Crippen LogP) is 0.935. The number of benzene rings is 1. The van der Waals surface area contributed by atoms with E-state index in [1.165, 1.54) is 38.3 Å². The smallest absolute Gasteiger partial charge is 0.337 e. The molecule has 5 atom stereocenters. The molecule has 0 radical (unpaired) electrons. The van der Waals surface area contributed by atoms with Gasteiger partial charge >= 0.3 is 29.8 Å². The van der Waals surface area contributed by atoms with Gasteiger partial charge in [0, 0.05) is 27.7 Å². The van der Waals surface area contributed by atoms with Crippen LogP contribution in [0.15, 0.2) is 24.3 Å². The van der Waals surface area contributed by atoms with Crippen molar-refractivity contribution in [2.75, 3.05) is 13.7 Å². The normalized spacial score (nSPS) is 23.7. The summed E-state index contributed by atoms with van der Waals surface area (Å²) in [7, 11) is 1.22. The standard InChI is InChI=1S/C22H26O12/c1-11(23)29-10-17-18(30-12(2)24)19(31-13(3)25)20(32-14(4)26)22(34-17)33-16-8-6-7-15(9-16)21(27)28-5/h6-9,17-20,22H,10H2,1-5H3. The average Bonchev–Trinajstić information content (AvgIpc) is 2.75. The number of methoxy groups -OCH3 is 1. The fraction of sp³-hybridized carbons (Fsp3) is 0.500. The highest BCUT2D eigenvalue weighted by Gasteiger charge is 2.53. The van der Waals surface area contributed by atoms with Crippen molar-refractivity contribution in [2.24, 2.45) is 0 Å². The molecule has 2 rings (SSSR count). The van der Waals surface area contributed by atoms with Gasteiger partial charge in [0.2, 0.25) is 12.4 Å². The van der Waals surface area contributed by atoms with Crippen LogP contribution in [-0.4, -0.2) is 74.3 Å². The summed E-state index contributed by atoms with van der Waals surface area (Å²) in [6, 6.07) is 5.87. The van der Waals surface area contributed by atoms with Crippen molar-refractivity contribution in [3.8, 4) is 5.75 Å². The van der Waals surface area contributed by atoms with Crippen LogP contribution in [0.4, 0.5) is 0 Å². The maximum Gasteiger partial charge on any atom is 0.337 e. The van der Waals surface area contributed by atoms with Gasteiger partial charge in [-0.3, -0.25) is 19.2 Å². The van der Waals surface area contributed by atoms with Crippen molar-refractivity contribution >= 4 is 29.8 Å². The summed E-state index contributed by atoms with van der Waals surface area (Å²) in [6.45, 7) is 4.13. The van der Waals surface area contributed by atoms with E-state index in [1.807, 2.05) is 0 Å². The molecule has 1 aromatic rings. The van der Waals surface area contributed by atoms with E-state index in [-0.39, 0.29) is 17.9 Å². The number of hydrogen-bond acceptors (Lipinski definition) is 12. The Labute approximate surface area is 195 Å². The molecule has 0 amide bonds. The van der Waals surface area contributed by atoms with Gasteiger partial charge in [-0.15, -0.1) is 0 Å². The van der Waals surface area contributed by atoms with E-state index in [4.69, 9.17) is 28.4 Å². The third kappa shape index (κ3) is 7.44. The van der Waals surface area contributed by atoms with Gasteiger partial charge in [0.1, 0.15) is 18.5 Å². The Morgan fingerprint density at radius 2 is 1.41 bits per heavy atom. The fourth-order valence-electron chi connectivity index (χ4n) is 3.23. The number of hydrogen-bond donors (Lipinski definition) is 0. The predicted molar refractivity (Wildman–Crippen MR) is 110 cm³/mol. The summed E-state index contributed by atoms with van der Waals surface area (Å²) in [5.41, 5.74) is 0.172. The third-order valence-electron chi connectivity index (χ3n) is 4.46. The number of rotatable bonds is 8. The van der Waals surface area contributed by atoms with Crippen LogP contribution in [0.1, 0.15) is 38.1 Å². The first-order valence-corrected chi connectivity index (χ1v) is 10.2.